The Balaban J connectivity index is 4.96. The van der Waals surface area contributed by atoms with Crippen LogP contribution in [-0.2, 0) is 19.2 Å². The van der Waals surface area contributed by atoms with E-state index >= 15 is 0 Å². The van der Waals surface area contributed by atoms with Crippen LogP contribution in [0.2, 0.25) is 0 Å². The third kappa shape index (κ3) is 9.51. The zero-order valence-electron chi connectivity index (χ0n) is 17.4. The summed E-state index contributed by atoms with van der Waals surface area (Å²) in [6, 6.07) is -2.15. The molecule has 0 spiro atoms. The van der Waals surface area contributed by atoms with Gasteiger partial charge in [0, 0.05) is 13.0 Å². The van der Waals surface area contributed by atoms with E-state index in [1.807, 2.05) is 27.7 Å². The summed E-state index contributed by atoms with van der Waals surface area (Å²) in [6.45, 7) is 10.9. The number of nitrogens with one attached hydrogen (secondary N) is 3. The van der Waals surface area contributed by atoms with Crippen molar-refractivity contribution in [3.63, 3.8) is 0 Å². The molecule has 0 aliphatic heterocycles. The van der Waals surface area contributed by atoms with Crippen LogP contribution < -0.4 is 21.7 Å². The van der Waals surface area contributed by atoms with Gasteiger partial charge in [-0.25, -0.2) is 0 Å². The number of amides is 3. The molecule has 0 radical (unpaired) electrons. The largest absolute Gasteiger partial charge is 0.345 e. The predicted molar refractivity (Wildman–Crippen MR) is 105 cm³/mol. The quantitative estimate of drug-likeness (QED) is 0.389. The van der Waals surface area contributed by atoms with Crippen molar-refractivity contribution in [1.82, 2.24) is 16.0 Å². The Hall–Kier alpha value is -1.96. The van der Waals surface area contributed by atoms with Crippen molar-refractivity contribution in [1.29, 1.82) is 0 Å². The second-order valence-corrected chi connectivity index (χ2v) is 7.50. The zero-order valence-corrected chi connectivity index (χ0v) is 17.4. The average molecular weight is 385 g/mol. The number of carbonyl (C=O) groups is 4. The SMILES string of the molecule is CCC(C)C(NC(=O)CCN)C(=O)NC(C)C(=O)NC(CC(C)C)C(C)=O. The summed E-state index contributed by atoms with van der Waals surface area (Å²) in [5.74, 6) is -1.14. The van der Waals surface area contributed by atoms with Crippen molar-refractivity contribution >= 4 is 23.5 Å². The van der Waals surface area contributed by atoms with Crippen LogP contribution in [0.15, 0.2) is 0 Å². The van der Waals surface area contributed by atoms with E-state index in [1.54, 1.807) is 6.92 Å². The Labute approximate surface area is 162 Å². The van der Waals surface area contributed by atoms with Crippen LogP contribution in [0.1, 0.15) is 60.8 Å². The van der Waals surface area contributed by atoms with Gasteiger partial charge in [-0.3, -0.25) is 19.2 Å². The van der Waals surface area contributed by atoms with E-state index in [9.17, 15) is 19.2 Å². The molecule has 5 N–H and O–H groups in total. The maximum Gasteiger partial charge on any atom is 0.243 e. The molecule has 0 heterocycles. The van der Waals surface area contributed by atoms with Gasteiger partial charge in [0.2, 0.25) is 17.7 Å². The number of carbonyl (C=O) groups excluding carboxylic acids is 4. The van der Waals surface area contributed by atoms with Crippen LogP contribution >= 0.6 is 0 Å². The molecule has 4 unspecified atom stereocenters. The highest BCUT2D eigenvalue weighted by molar-refractivity contribution is 5.94. The van der Waals surface area contributed by atoms with Gasteiger partial charge in [0.1, 0.15) is 12.1 Å². The van der Waals surface area contributed by atoms with Crippen LogP contribution in [0.4, 0.5) is 0 Å². The Morgan fingerprint density at radius 1 is 0.926 bits per heavy atom. The lowest BCUT2D eigenvalue weighted by Crippen LogP contribution is -2.56. The Bertz CT molecular complexity index is 522. The summed E-state index contributed by atoms with van der Waals surface area (Å²) in [7, 11) is 0. The molecule has 0 aliphatic rings. The molecule has 156 valence electrons. The number of nitrogens with two attached hydrogens (primary N) is 1. The summed E-state index contributed by atoms with van der Waals surface area (Å²) in [6.07, 6.45) is 1.35. The maximum absolute atomic E-state index is 12.6. The lowest BCUT2D eigenvalue weighted by Gasteiger charge is -2.26. The first-order valence-electron chi connectivity index (χ1n) is 9.63. The fourth-order valence-electron chi connectivity index (χ4n) is 2.54. The summed E-state index contributed by atoms with van der Waals surface area (Å²) >= 11 is 0. The first-order valence-corrected chi connectivity index (χ1v) is 9.63. The normalized spacial score (nSPS) is 15.4. The van der Waals surface area contributed by atoms with Gasteiger partial charge in [0.05, 0.1) is 6.04 Å². The Morgan fingerprint density at radius 3 is 1.96 bits per heavy atom. The third-order valence-corrected chi connectivity index (χ3v) is 4.45. The topological polar surface area (TPSA) is 130 Å². The summed E-state index contributed by atoms with van der Waals surface area (Å²) < 4.78 is 0. The van der Waals surface area contributed by atoms with Gasteiger partial charge in [0.25, 0.3) is 0 Å². The second kappa shape index (κ2) is 12.4. The smallest absolute Gasteiger partial charge is 0.243 e. The minimum absolute atomic E-state index is 0.104. The molecule has 0 saturated carbocycles. The molecule has 8 nitrogen and oxygen atoms in total. The van der Waals surface area contributed by atoms with E-state index in [0.29, 0.717) is 12.8 Å². The van der Waals surface area contributed by atoms with Crippen LogP contribution in [0.5, 0.6) is 0 Å². The summed E-state index contributed by atoms with van der Waals surface area (Å²) in [5, 5.41) is 8.00. The van der Waals surface area contributed by atoms with Gasteiger partial charge < -0.3 is 21.7 Å². The number of ketones is 1. The fourth-order valence-corrected chi connectivity index (χ4v) is 2.54. The van der Waals surface area contributed by atoms with E-state index in [-0.39, 0.29) is 36.5 Å². The molecule has 0 aliphatic carbocycles. The van der Waals surface area contributed by atoms with Crippen molar-refractivity contribution in [2.45, 2.75) is 78.9 Å². The van der Waals surface area contributed by atoms with E-state index in [2.05, 4.69) is 16.0 Å². The number of rotatable bonds is 12. The molecule has 0 bridgehead atoms. The lowest BCUT2D eigenvalue weighted by atomic mass is 9.97. The fraction of sp³-hybridized carbons (Fsp3) is 0.789. The Kier molecular flexibility index (Phi) is 11.5. The summed E-state index contributed by atoms with van der Waals surface area (Å²) in [5.41, 5.74) is 5.37. The van der Waals surface area contributed by atoms with E-state index in [4.69, 9.17) is 5.73 Å². The number of Topliss-reactive ketones (excluding diaryl/α,β-unsaturated/α-hetero) is 1. The zero-order chi connectivity index (χ0) is 21.1. The monoisotopic (exact) mass is 384 g/mol. The van der Waals surface area contributed by atoms with Crippen LogP contribution in [0.3, 0.4) is 0 Å². The van der Waals surface area contributed by atoms with Gasteiger partial charge >= 0.3 is 0 Å². The van der Waals surface area contributed by atoms with Crippen LogP contribution in [0.25, 0.3) is 0 Å². The van der Waals surface area contributed by atoms with Gasteiger partial charge in [-0.2, -0.15) is 0 Å². The first kappa shape index (κ1) is 25.0. The molecular formula is C19H36N4O4. The van der Waals surface area contributed by atoms with Gasteiger partial charge in [-0.05, 0) is 32.1 Å². The summed E-state index contributed by atoms with van der Waals surface area (Å²) in [4.78, 5) is 48.5. The van der Waals surface area contributed by atoms with Crippen LogP contribution in [-0.4, -0.2) is 48.2 Å². The minimum Gasteiger partial charge on any atom is -0.345 e. The first-order chi connectivity index (χ1) is 12.5. The Morgan fingerprint density at radius 2 is 1.52 bits per heavy atom. The molecule has 3 amide bonds. The third-order valence-electron chi connectivity index (χ3n) is 4.45. The van der Waals surface area contributed by atoms with Gasteiger partial charge in [0.15, 0.2) is 5.78 Å². The molecular weight excluding hydrogens is 348 g/mol. The molecule has 0 fully saturated rings. The molecule has 8 heteroatoms. The predicted octanol–water partition coefficient (Wildman–Crippen LogP) is 0.491. The highest BCUT2D eigenvalue weighted by atomic mass is 16.2. The lowest BCUT2D eigenvalue weighted by molar-refractivity contribution is -0.133. The standard InChI is InChI=1S/C19H36N4O4/c1-7-12(4)17(23-16(25)8-9-20)19(27)21-13(5)18(26)22-15(14(6)24)10-11(2)3/h11-13,15,17H,7-10,20H2,1-6H3,(H,21,27)(H,22,26)(H,23,25). The van der Waals surface area contributed by atoms with Crippen molar-refractivity contribution in [2.75, 3.05) is 6.54 Å². The van der Waals surface area contributed by atoms with Crippen molar-refractivity contribution < 1.29 is 19.2 Å². The molecule has 0 aromatic rings. The van der Waals surface area contributed by atoms with Gasteiger partial charge in [-0.1, -0.05) is 34.1 Å². The van der Waals surface area contributed by atoms with Crippen LogP contribution in [0, 0.1) is 11.8 Å². The molecule has 0 aromatic heterocycles. The molecule has 4 atom stereocenters. The highest BCUT2D eigenvalue weighted by Crippen LogP contribution is 2.09. The second-order valence-electron chi connectivity index (χ2n) is 7.50. The van der Waals surface area contributed by atoms with Crippen molar-refractivity contribution in [3.8, 4) is 0 Å². The van der Waals surface area contributed by atoms with Crippen molar-refractivity contribution in [3.05, 3.63) is 0 Å². The highest BCUT2D eigenvalue weighted by Gasteiger charge is 2.29. The van der Waals surface area contributed by atoms with E-state index in [0.717, 1.165) is 0 Å². The average Bonchev–Trinajstić information content (AvgIpc) is 2.57. The van der Waals surface area contributed by atoms with Gasteiger partial charge in [-0.15, -0.1) is 0 Å². The van der Waals surface area contributed by atoms with Crippen molar-refractivity contribution in [2.24, 2.45) is 17.6 Å². The van der Waals surface area contributed by atoms with E-state index < -0.39 is 29.9 Å². The molecule has 0 saturated heterocycles. The number of hydrogen-bond acceptors (Lipinski definition) is 5. The number of hydrogen-bond donors (Lipinski definition) is 4. The maximum atomic E-state index is 12.6. The molecule has 27 heavy (non-hydrogen) atoms. The van der Waals surface area contributed by atoms with E-state index in [1.165, 1.54) is 6.92 Å². The molecule has 0 rings (SSSR count). The molecule has 0 aromatic carbocycles. The minimum atomic E-state index is -0.829.